The number of aryl methyl sites for hydroxylation is 1. The maximum absolute atomic E-state index is 12.9. The number of likely N-dealkylation sites (tertiary alicyclic amines) is 1. The highest BCUT2D eigenvalue weighted by Gasteiger charge is 2.17. The molecule has 1 aliphatic heterocycles. The van der Waals surface area contributed by atoms with Gasteiger partial charge < -0.3 is 5.32 Å². The van der Waals surface area contributed by atoms with E-state index in [4.69, 9.17) is 0 Å². The fourth-order valence-corrected chi connectivity index (χ4v) is 4.07. The molecule has 7 nitrogen and oxygen atoms in total. The second-order valence-electron chi connectivity index (χ2n) is 8.04. The van der Waals surface area contributed by atoms with Crippen LogP contribution in [0.25, 0.3) is 22.0 Å². The van der Waals surface area contributed by atoms with Crippen LogP contribution >= 0.6 is 0 Å². The first kappa shape index (κ1) is 19.4. The maximum Gasteiger partial charge on any atom is 0.276 e. The Kier molecular flexibility index (Phi) is 5.18. The van der Waals surface area contributed by atoms with Gasteiger partial charge in [-0.3, -0.25) is 24.8 Å². The number of hydrogen-bond donors (Lipinski definition) is 2. The van der Waals surface area contributed by atoms with Crippen LogP contribution in [0.15, 0.2) is 55.1 Å². The quantitative estimate of drug-likeness (QED) is 0.514. The van der Waals surface area contributed by atoms with E-state index in [1.807, 2.05) is 43.6 Å². The lowest BCUT2D eigenvalue weighted by molar-refractivity contribution is 0.102. The smallest absolute Gasteiger partial charge is 0.276 e. The predicted octanol–water partition coefficient (Wildman–Crippen LogP) is 4.18. The first-order valence-electron chi connectivity index (χ1n) is 10.5. The van der Waals surface area contributed by atoms with E-state index in [0.717, 1.165) is 47.2 Å². The Morgan fingerprint density at radius 2 is 1.94 bits per heavy atom. The molecule has 1 fully saturated rings. The van der Waals surface area contributed by atoms with Crippen LogP contribution in [0.1, 0.15) is 34.5 Å². The molecule has 0 radical (unpaired) electrons. The molecular formula is C24H24N6O. The van der Waals surface area contributed by atoms with Crippen LogP contribution in [0.4, 0.5) is 5.69 Å². The van der Waals surface area contributed by atoms with Gasteiger partial charge in [-0.25, -0.2) is 0 Å². The Morgan fingerprint density at radius 1 is 1.06 bits per heavy atom. The fraction of sp³-hybridized carbons (Fsp3) is 0.250. The number of anilines is 1. The van der Waals surface area contributed by atoms with Crippen molar-refractivity contribution in [3.63, 3.8) is 0 Å². The van der Waals surface area contributed by atoms with Crippen molar-refractivity contribution in [3.8, 4) is 11.1 Å². The molecule has 0 aliphatic carbocycles. The summed E-state index contributed by atoms with van der Waals surface area (Å²) in [6.45, 7) is 5.16. The van der Waals surface area contributed by atoms with Crippen LogP contribution < -0.4 is 5.32 Å². The van der Waals surface area contributed by atoms with Gasteiger partial charge in [0.1, 0.15) is 0 Å². The van der Waals surface area contributed by atoms with Crippen molar-refractivity contribution < 1.29 is 4.79 Å². The van der Waals surface area contributed by atoms with Crippen LogP contribution in [-0.2, 0) is 6.54 Å². The number of nitrogens with zero attached hydrogens (tertiary/aromatic N) is 4. The Bertz CT molecular complexity index is 1240. The molecule has 7 heteroatoms. The van der Waals surface area contributed by atoms with Crippen molar-refractivity contribution in [2.45, 2.75) is 26.3 Å². The minimum absolute atomic E-state index is 0.264. The first-order valence-corrected chi connectivity index (χ1v) is 10.5. The van der Waals surface area contributed by atoms with Crippen molar-refractivity contribution in [1.82, 2.24) is 25.1 Å². The summed E-state index contributed by atoms with van der Waals surface area (Å²) >= 11 is 0. The summed E-state index contributed by atoms with van der Waals surface area (Å²) in [5.41, 5.74) is 6.06. The van der Waals surface area contributed by atoms with Gasteiger partial charge in [-0.2, -0.15) is 5.10 Å². The molecule has 156 valence electrons. The Balaban J connectivity index is 1.44. The van der Waals surface area contributed by atoms with Crippen LogP contribution in [0.5, 0.6) is 0 Å². The van der Waals surface area contributed by atoms with E-state index < -0.39 is 0 Å². The van der Waals surface area contributed by atoms with Crippen LogP contribution in [-0.4, -0.2) is 44.1 Å². The van der Waals surface area contributed by atoms with E-state index in [-0.39, 0.29) is 5.91 Å². The zero-order valence-electron chi connectivity index (χ0n) is 17.4. The molecule has 0 saturated carbocycles. The molecule has 0 unspecified atom stereocenters. The third-order valence-corrected chi connectivity index (χ3v) is 5.80. The van der Waals surface area contributed by atoms with Gasteiger partial charge in [0.15, 0.2) is 5.69 Å². The fourth-order valence-electron chi connectivity index (χ4n) is 4.07. The summed E-state index contributed by atoms with van der Waals surface area (Å²) in [7, 11) is 0. The normalized spacial score (nSPS) is 14.2. The zero-order chi connectivity index (χ0) is 21.2. The SMILES string of the molecule is Cc1ccncc1NC(=O)c1n[nH]c2ccc(-c3cncc(CN4CCCC4)c3)cc12. The molecule has 4 aromatic rings. The minimum atomic E-state index is -0.264. The lowest BCUT2D eigenvalue weighted by atomic mass is 10.0. The van der Waals surface area contributed by atoms with Crippen molar-refractivity contribution in [2.75, 3.05) is 18.4 Å². The number of benzene rings is 1. The molecule has 1 aliphatic rings. The largest absolute Gasteiger partial charge is 0.319 e. The number of pyridine rings is 2. The van der Waals surface area contributed by atoms with Gasteiger partial charge in [0.25, 0.3) is 5.91 Å². The Morgan fingerprint density at radius 3 is 2.77 bits per heavy atom. The predicted molar refractivity (Wildman–Crippen MR) is 121 cm³/mol. The molecule has 1 aromatic carbocycles. The van der Waals surface area contributed by atoms with Crippen LogP contribution in [0.3, 0.4) is 0 Å². The van der Waals surface area contributed by atoms with Gasteiger partial charge in [-0.15, -0.1) is 0 Å². The molecule has 0 bridgehead atoms. The van der Waals surface area contributed by atoms with E-state index in [1.54, 1.807) is 12.4 Å². The molecule has 2 N–H and O–H groups in total. The lowest BCUT2D eigenvalue weighted by Crippen LogP contribution is -2.18. The number of nitrogens with one attached hydrogen (secondary N) is 2. The molecule has 1 amide bonds. The van der Waals surface area contributed by atoms with Crippen molar-refractivity contribution in [2.24, 2.45) is 0 Å². The number of aromatic amines is 1. The number of carbonyl (C=O) groups is 1. The molecule has 0 spiro atoms. The van der Waals surface area contributed by atoms with Gasteiger partial charge in [-0.05, 0) is 73.8 Å². The highest BCUT2D eigenvalue weighted by molar-refractivity contribution is 6.11. The van der Waals surface area contributed by atoms with E-state index in [0.29, 0.717) is 11.4 Å². The highest BCUT2D eigenvalue weighted by Crippen LogP contribution is 2.27. The Labute approximate surface area is 180 Å². The average Bonchev–Trinajstić information content (AvgIpc) is 3.45. The third-order valence-electron chi connectivity index (χ3n) is 5.80. The molecule has 31 heavy (non-hydrogen) atoms. The average molecular weight is 412 g/mol. The lowest BCUT2D eigenvalue weighted by Gasteiger charge is -2.14. The van der Waals surface area contributed by atoms with E-state index in [2.05, 4.69) is 36.4 Å². The number of amides is 1. The number of fused-ring (bicyclic) bond motifs is 1. The molecule has 4 heterocycles. The molecule has 3 aromatic heterocycles. The van der Waals surface area contributed by atoms with E-state index in [9.17, 15) is 4.79 Å². The second-order valence-corrected chi connectivity index (χ2v) is 8.04. The zero-order valence-corrected chi connectivity index (χ0v) is 17.4. The third kappa shape index (κ3) is 4.04. The monoisotopic (exact) mass is 412 g/mol. The van der Waals surface area contributed by atoms with Crippen molar-refractivity contribution in [3.05, 3.63) is 71.9 Å². The van der Waals surface area contributed by atoms with E-state index >= 15 is 0 Å². The van der Waals surface area contributed by atoms with Gasteiger partial charge in [0, 0.05) is 36.1 Å². The summed E-state index contributed by atoms with van der Waals surface area (Å²) in [6, 6.07) is 10.0. The summed E-state index contributed by atoms with van der Waals surface area (Å²) in [5.74, 6) is -0.264. The van der Waals surface area contributed by atoms with Crippen molar-refractivity contribution >= 4 is 22.5 Å². The number of rotatable bonds is 5. The highest BCUT2D eigenvalue weighted by atomic mass is 16.1. The van der Waals surface area contributed by atoms with E-state index in [1.165, 1.54) is 18.4 Å². The van der Waals surface area contributed by atoms with Gasteiger partial charge in [0.2, 0.25) is 0 Å². The summed E-state index contributed by atoms with van der Waals surface area (Å²) < 4.78 is 0. The topological polar surface area (TPSA) is 86.8 Å². The van der Waals surface area contributed by atoms with Gasteiger partial charge >= 0.3 is 0 Å². The van der Waals surface area contributed by atoms with Crippen LogP contribution in [0.2, 0.25) is 0 Å². The first-order chi connectivity index (χ1) is 15.2. The summed E-state index contributed by atoms with van der Waals surface area (Å²) in [6.07, 6.45) is 9.69. The number of carbonyl (C=O) groups excluding carboxylic acids is 1. The van der Waals surface area contributed by atoms with Crippen LogP contribution in [0, 0.1) is 6.92 Å². The van der Waals surface area contributed by atoms with Gasteiger partial charge in [-0.1, -0.05) is 6.07 Å². The summed E-state index contributed by atoms with van der Waals surface area (Å²) in [5, 5.41) is 10.9. The number of H-pyrrole nitrogens is 1. The minimum Gasteiger partial charge on any atom is -0.319 e. The Hall–Kier alpha value is -3.58. The molecule has 1 saturated heterocycles. The number of hydrogen-bond acceptors (Lipinski definition) is 5. The number of aromatic nitrogens is 4. The molecular weight excluding hydrogens is 388 g/mol. The van der Waals surface area contributed by atoms with Crippen molar-refractivity contribution in [1.29, 1.82) is 0 Å². The second kappa shape index (κ2) is 8.28. The van der Waals surface area contributed by atoms with Gasteiger partial charge in [0.05, 0.1) is 17.4 Å². The summed E-state index contributed by atoms with van der Waals surface area (Å²) in [4.78, 5) is 23.9. The molecule has 0 atom stereocenters. The standard InChI is InChI=1S/C24H24N6O/c1-16-6-7-25-14-22(16)27-24(31)23-20-11-18(4-5-21(20)28-29-23)19-10-17(12-26-13-19)15-30-8-2-3-9-30/h4-7,10-14H,2-3,8-9,15H2,1H3,(H,27,31)(H,28,29). The maximum atomic E-state index is 12.9. The molecule has 5 rings (SSSR count).